The van der Waals surface area contributed by atoms with E-state index in [4.69, 9.17) is 14.2 Å². The fourth-order valence-electron chi connectivity index (χ4n) is 1.65. The van der Waals surface area contributed by atoms with Crippen LogP contribution in [0.4, 0.5) is 0 Å². The largest absolute Gasteiger partial charge is 0.466 e. The van der Waals surface area contributed by atoms with Crippen LogP contribution in [0.1, 0.15) is 45.4 Å². The molecular formula is C12H22O4. The lowest BCUT2D eigenvalue weighted by atomic mass is 10.2. The van der Waals surface area contributed by atoms with Crippen LogP contribution in [0.3, 0.4) is 0 Å². The maximum atomic E-state index is 10.5. The van der Waals surface area contributed by atoms with Gasteiger partial charge in [-0.15, -0.1) is 0 Å². The van der Waals surface area contributed by atoms with Crippen molar-refractivity contribution in [3.05, 3.63) is 0 Å². The number of hydrogen-bond acceptors (Lipinski definition) is 4. The molecule has 0 aromatic carbocycles. The van der Waals surface area contributed by atoms with Crippen LogP contribution in [0.25, 0.3) is 0 Å². The third-order valence-corrected chi connectivity index (χ3v) is 2.54. The van der Waals surface area contributed by atoms with Gasteiger partial charge in [0.1, 0.15) is 0 Å². The van der Waals surface area contributed by atoms with E-state index in [0.29, 0.717) is 6.61 Å². The molecule has 0 radical (unpaired) electrons. The van der Waals surface area contributed by atoms with Crippen LogP contribution in [0, 0.1) is 0 Å². The molecule has 4 heteroatoms. The molecule has 94 valence electrons. The summed E-state index contributed by atoms with van der Waals surface area (Å²) in [7, 11) is 0. The smallest absolute Gasteiger partial charge is 0.302 e. The van der Waals surface area contributed by atoms with Gasteiger partial charge in [0.2, 0.25) is 0 Å². The van der Waals surface area contributed by atoms with Gasteiger partial charge in [-0.05, 0) is 38.5 Å². The summed E-state index contributed by atoms with van der Waals surface area (Å²) in [5, 5.41) is 0. The topological polar surface area (TPSA) is 44.8 Å². The first-order valence-corrected chi connectivity index (χ1v) is 6.15. The van der Waals surface area contributed by atoms with Crippen molar-refractivity contribution in [3.8, 4) is 0 Å². The summed E-state index contributed by atoms with van der Waals surface area (Å²) >= 11 is 0. The predicted molar refractivity (Wildman–Crippen MR) is 60.0 cm³/mol. The highest BCUT2D eigenvalue weighted by atomic mass is 16.7. The van der Waals surface area contributed by atoms with E-state index in [2.05, 4.69) is 0 Å². The van der Waals surface area contributed by atoms with Gasteiger partial charge in [0.25, 0.3) is 0 Å². The summed E-state index contributed by atoms with van der Waals surface area (Å²) in [6.07, 6.45) is 6.34. The van der Waals surface area contributed by atoms with Crippen molar-refractivity contribution >= 4 is 5.97 Å². The highest BCUT2D eigenvalue weighted by Gasteiger charge is 2.13. The quantitative estimate of drug-likeness (QED) is 0.497. The third kappa shape index (κ3) is 6.80. The predicted octanol–water partition coefficient (Wildman–Crippen LogP) is 2.26. The fraction of sp³-hybridized carbons (Fsp3) is 0.917. The minimum Gasteiger partial charge on any atom is -0.466 e. The SMILES string of the molecule is CC(=O)OCCCCCOC1CCCCO1. The minimum absolute atomic E-state index is 0.0159. The Morgan fingerprint density at radius 3 is 2.75 bits per heavy atom. The Morgan fingerprint density at radius 1 is 1.25 bits per heavy atom. The Kier molecular flexibility index (Phi) is 7.17. The molecule has 1 heterocycles. The number of ether oxygens (including phenoxy) is 3. The second-order valence-corrected chi connectivity index (χ2v) is 4.07. The molecule has 1 rings (SSSR count). The van der Waals surface area contributed by atoms with Gasteiger partial charge >= 0.3 is 5.97 Å². The molecule has 0 spiro atoms. The van der Waals surface area contributed by atoms with Crippen LogP contribution in [0.15, 0.2) is 0 Å². The molecule has 0 bridgehead atoms. The summed E-state index contributed by atoms with van der Waals surface area (Å²) in [5.41, 5.74) is 0. The van der Waals surface area contributed by atoms with E-state index in [9.17, 15) is 4.79 Å². The van der Waals surface area contributed by atoms with Crippen molar-refractivity contribution in [1.29, 1.82) is 0 Å². The number of unbranched alkanes of at least 4 members (excludes halogenated alkanes) is 2. The molecule has 4 nitrogen and oxygen atoms in total. The van der Waals surface area contributed by atoms with Crippen molar-refractivity contribution in [2.75, 3.05) is 19.8 Å². The molecule has 1 aliphatic heterocycles. The lowest BCUT2D eigenvalue weighted by molar-refractivity contribution is -0.162. The summed E-state index contributed by atoms with van der Waals surface area (Å²) in [4.78, 5) is 10.5. The zero-order valence-electron chi connectivity index (χ0n) is 10.1. The first-order valence-electron chi connectivity index (χ1n) is 6.15. The van der Waals surface area contributed by atoms with E-state index in [1.807, 2.05) is 0 Å². The second-order valence-electron chi connectivity index (χ2n) is 4.07. The summed E-state index contributed by atoms with van der Waals surface area (Å²) in [5.74, 6) is -0.202. The maximum absolute atomic E-state index is 10.5. The van der Waals surface area contributed by atoms with Gasteiger partial charge in [0.05, 0.1) is 6.61 Å². The van der Waals surface area contributed by atoms with Crippen molar-refractivity contribution in [1.82, 2.24) is 0 Å². The zero-order valence-corrected chi connectivity index (χ0v) is 10.1. The Hall–Kier alpha value is -0.610. The van der Waals surface area contributed by atoms with Gasteiger partial charge in [0, 0.05) is 20.1 Å². The number of carbonyl (C=O) groups is 1. The normalized spacial score (nSPS) is 20.7. The van der Waals surface area contributed by atoms with Crippen LogP contribution in [0.5, 0.6) is 0 Å². The Bertz CT molecular complexity index is 187. The fourth-order valence-corrected chi connectivity index (χ4v) is 1.65. The monoisotopic (exact) mass is 230 g/mol. The lowest BCUT2D eigenvalue weighted by Crippen LogP contribution is -2.22. The number of esters is 1. The minimum atomic E-state index is -0.202. The first kappa shape index (κ1) is 13.5. The molecule has 0 aliphatic carbocycles. The molecule has 1 fully saturated rings. The van der Waals surface area contributed by atoms with Crippen molar-refractivity contribution in [2.45, 2.75) is 51.7 Å². The van der Waals surface area contributed by atoms with Gasteiger partial charge in [-0.1, -0.05) is 0 Å². The highest BCUT2D eigenvalue weighted by molar-refractivity contribution is 5.65. The number of rotatable bonds is 7. The van der Waals surface area contributed by atoms with E-state index in [0.717, 1.165) is 45.3 Å². The molecular weight excluding hydrogens is 208 g/mol. The van der Waals surface area contributed by atoms with Crippen LogP contribution < -0.4 is 0 Å². The van der Waals surface area contributed by atoms with Crippen molar-refractivity contribution in [2.24, 2.45) is 0 Å². The van der Waals surface area contributed by atoms with E-state index in [1.165, 1.54) is 13.3 Å². The maximum Gasteiger partial charge on any atom is 0.302 e. The Balaban J connectivity index is 1.82. The second kappa shape index (κ2) is 8.53. The standard InChI is InChI=1S/C12H22O4/c1-11(13)14-8-4-2-5-9-15-12-7-3-6-10-16-12/h12H,2-10H2,1H3. The van der Waals surface area contributed by atoms with Crippen molar-refractivity contribution < 1.29 is 19.0 Å². The molecule has 1 saturated heterocycles. The van der Waals surface area contributed by atoms with Gasteiger partial charge in [-0.3, -0.25) is 4.79 Å². The van der Waals surface area contributed by atoms with Gasteiger partial charge < -0.3 is 14.2 Å². The van der Waals surface area contributed by atoms with Crippen LogP contribution in [-0.2, 0) is 19.0 Å². The molecule has 16 heavy (non-hydrogen) atoms. The van der Waals surface area contributed by atoms with Crippen LogP contribution >= 0.6 is 0 Å². The molecule has 0 amide bonds. The number of carbonyl (C=O) groups excluding carboxylic acids is 1. The lowest BCUT2D eigenvalue weighted by Gasteiger charge is -2.22. The Morgan fingerprint density at radius 2 is 2.06 bits per heavy atom. The average Bonchev–Trinajstić information content (AvgIpc) is 2.29. The first-order chi connectivity index (χ1) is 7.79. The summed E-state index contributed by atoms with van der Waals surface area (Å²) in [6, 6.07) is 0. The van der Waals surface area contributed by atoms with Gasteiger partial charge in [-0.25, -0.2) is 0 Å². The highest BCUT2D eigenvalue weighted by Crippen LogP contribution is 2.14. The molecule has 0 aromatic heterocycles. The third-order valence-electron chi connectivity index (χ3n) is 2.54. The molecule has 0 aromatic rings. The molecule has 0 saturated carbocycles. The van der Waals surface area contributed by atoms with Gasteiger partial charge in [-0.2, -0.15) is 0 Å². The van der Waals surface area contributed by atoms with E-state index in [1.54, 1.807) is 0 Å². The van der Waals surface area contributed by atoms with E-state index in [-0.39, 0.29) is 12.3 Å². The van der Waals surface area contributed by atoms with Crippen LogP contribution in [-0.4, -0.2) is 32.1 Å². The Labute approximate surface area is 97.2 Å². The molecule has 1 unspecified atom stereocenters. The van der Waals surface area contributed by atoms with Crippen molar-refractivity contribution in [3.63, 3.8) is 0 Å². The number of hydrogen-bond donors (Lipinski definition) is 0. The van der Waals surface area contributed by atoms with Crippen LogP contribution in [0.2, 0.25) is 0 Å². The van der Waals surface area contributed by atoms with E-state index < -0.39 is 0 Å². The van der Waals surface area contributed by atoms with Gasteiger partial charge in [0.15, 0.2) is 6.29 Å². The summed E-state index contributed by atoms with van der Waals surface area (Å²) < 4.78 is 15.9. The summed E-state index contributed by atoms with van der Waals surface area (Å²) in [6.45, 7) is 3.53. The molecule has 1 atom stereocenters. The average molecular weight is 230 g/mol. The molecule has 0 N–H and O–H groups in total. The van der Waals surface area contributed by atoms with E-state index >= 15 is 0 Å². The molecule has 1 aliphatic rings. The zero-order chi connectivity index (χ0) is 11.6.